The van der Waals surface area contributed by atoms with E-state index in [1.807, 2.05) is 51.1 Å². The molecule has 3 N–H and O–H groups in total. The number of hydrogen-bond donors (Lipinski definition) is 3. The van der Waals surface area contributed by atoms with Gasteiger partial charge in [0.15, 0.2) is 0 Å². The van der Waals surface area contributed by atoms with Crippen molar-refractivity contribution < 1.29 is 24.2 Å². The number of carbonyl (C=O) groups is 2. The smallest absolute Gasteiger partial charge is 0.407 e. The average Bonchev–Trinajstić information content (AvgIpc) is 2.71. The van der Waals surface area contributed by atoms with E-state index in [-0.39, 0.29) is 25.3 Å². The third-order valence-electron chi connectivity index (χ3n) is 5.27. The number of alkyl carbamates (subject to hydrolysis) is 2. The Balaban J connectivity index is 1.64. The highest BCUT2D eigenvalue weighted by atomic mass is 16.6. The highest BCUT2D eigenvalue weighted by Gasteiger charge is 2.25. The van der Waals surface area contributed by atoms with Crippen molar-refractivity contribution in [1.29, 1.82) is 0 Å². The lowest BCUT2D eigenvalue weighted by molar-refractivity contribution is 0.0512. The molecule has 1 saturated carbocycles. The van der Waals surface area contributed by atoms with Gasteiger partial charge >= 0.3 is 12.2 Å². The number of aliphatic hydroxyl groups excluding tert-OH is 1. The summed E-state index contributed by atoms with van der Waals surface area (Å²) in [6.45, 7) is 6.26. The molecule has 2 amide bonds. The molecule has 0 bridgehead atoms. The monoisotopic (exact) mass is 420 g/mol. The first-order valence-corrected chi connectivity index (χ1v) is 10.8. The van der Waals surface area contributed by atoms with Crippen molar-refractivity contribution in [2.24, 2.45) is 11.8 Å². The summed E-state index contributed by atoms with van der Waals surface area (Å²) < 4.78 is 10.5. The molecule has 0 radical (unpaired) electrons. The minimum atomic E-state index is -0.506. The van der Waals surface area contributed by atoms with Gasteiger partial charge < -0.3 is 25.2 Å². The van der Waals surface area contributed by atoms with Crippen molar-refractivity contribution in [3.63, 3.8) is 0 Å². The van der Waals surface area contributed by atoms with Gasteiger partial charge in [0.25, 0.3) is 0 Å². The van der Waals surface area contributed by atoms with Crippen LogP contribution in [0.5, 0.6) is 0 Å². The molecule has 2 rings (SSSR count). The standard InChI is InChI=1S/C23H36N2O5/c1-23(2,3)30-21(27)24-14-18-11-9-17(10-12-18)13-20(15-26)25-22(28)29-16-19-7-5-4-6-8-19/h4-8,17-18,20,26H,9-16H2,1-3H3,(H,24,27)(H,25,28)/t17-,18-,20-/m0/s1. The summed E-state index contributed by atoms with van der Waals surface area (Å²) >= 11 is 0. The van der Waals surface area contributed by atoms with Crippen LogP contribution in [0.4, 0.5) is 9.59 Å². The molecular formula is C23H36N2O5. The van der Waals surface area contributed by atoms with Crippen molar-refractivity contribution in [2.45, 2.75) is 71.1 Å². The fraction of sp³-hybridized carbons (Fsp3) is 0.652. The average molecular weight is 421 g/mol. The third-order valence-corrected chi connectivity index (χ3v) is 5.27. The Bertz CT molecular complexity index is 651. The number of aliphatic hydroxyl groups is 1. The van der Waals surface area contributed by atoms with Crippen molar-refractivity contribution in [2.75, 3.05) is 13.2 Å². The SMILES string of the molecule is CC(C)(C)OC(=O)NC[C@H]1CC[C@H](C[C@@H](CO)NC(=O)OCc2ccccc2)CC1. The maximum atomic E-state index is 12.0. The van der Waals surface area contributed by atoms with Crippen LogP contribution in [0, 0.1) is 11.8 Å². The summed E-state index contributed by atoms with van der Waals surface area (Å²) in [5.41, 5.74) is 0.433. The first kappa shape index (κ1) is 24.0. The molecule has 0 unspecified atom stereocenters. The fourth-order valence-electron chi connectivity index (χ4n) is 3.73. The van der Waals surface area contributed by atoms with Gasteiger partial charge in [-0.2, -0.15) is 0 Å². The lowest BCUT2D eigenvalue weighted by Crippen LogP contribution is -2.40. The van der Waals surface area contributed by atoms with Crippen molar-refractivity contribution in [3.8, 4) is 0 Å². The molecule has 1 aliphatic carbocycles. The van der Waals surface area contributed by atoms with Crippen LogP contribution in [0.1, 0.15) is 58.4 Å². The second-order valence-corrected chi connectivity index (χ2v) is 9.09. The molecule has 0 saturated heterocycles. The van der Waals surface area contributed by atoms with Gasteiger partial charge in [-0.15, -0.1) is 0 Å². The van der Waals surface area contributed by atoms with Crippen LogP contribution in [0.15, 0.2) is 30.3 Å². The van der Waals surface area contributed by atoms with Crippen LogP contribution >= 0.6 is 0 Å². The number of nitrogens with one attached hydrogen (secondary N) is 2. The normalized spacial score (nSPS) is 20.1. The number of amides is 2. The minimum absolute atomic E-state index is 0.111. The fourth-order valence-corrected chi connectivity index (χ4v) is 3.73. The highest BCUT2D eigenvalue weighted by Crippen LogP contribution is 2.31. The van der Waals surface area contributed by atoms with Crippen LogP contribution in [-0.4, -0.2) is 42.1 Å². The van der Waals surface area contributed by atoms with Crippen LogP contribution in [0.25, 0.3) is 0 Å². The molecule has 0 aromatic heterocycles. The maximum absolute atomic E-state index is 12.0. The predicted octanol–water partition coefficient (Wildman–Crippen LogP) is 3.99. The van der Waals surface area contributed by atoms with Gasteiger partial charge in [0.05, 0.1) is 12.6 Å². The molecule has 0 spiro atoms. The molecule has 1 atom stereocenters. The summed E-state index contributed by atoms with van der Waals surface area (Å²) in [7, 11) is 0. The molecule has 1 fully saturated rings. The van der Waals surface area contributed by atoms with Gasteiger partial charge in [0.2, 0.25) is 0 Å². The van der Waals surface area contributed by atoms with Crippen molar-refractivity contribution in [3.05, 3.63) is 35.9 Å². The van der Waals surface area contributed by atoms with E-state index >= 15 is 0 Å². The molecule has 168 valence electrons. The summed E-state index contributed by atoms with van der Waals surface area (Å²) in [5.74, 6) is 0.875. The second kappa shape index (κ2) is 11.8. The van der Waals surface area contributed by atoms with E-state index in [4.69, 9.17) is 9.47 Å². The molecule has 7 heteroatoms. The topological polar surface area (TPSA) is 96.9 Å². The third kappa shape index (κ3) is 9.48. The molecule has 1 aromatic carbocycles. The Morgan fingerprint density at radius 1 is 1.07 bits per heavy atom. The van der Waals surface area contributed by atoms with E-state index in [2.05, 4.69) is 10.6 Å². The van der Waals surface area contributed by atoms with E-state index < -0.39 is 11.7 Å². The number of ether oxygens (including phenoxy) is 2. The predicted molar refractivity (Wildman–Crippen MR) is 115 cm³/mol. The zero-order valence-corrected chi connectivity index (χ0v) is 18.4. The minimum Gasteiger partial charge on any atom is -0.445 e. The number of rotatable bonds is 8. The molecule has 0 aliphatic heterocycles. The number of carbonyl (C=O) groups excluding carboxylic acids is 2. The van der Waals surface area contributed by atoms with Crippen LogP contribution in [0.3, 0.4) is 0 Å². The molecule has 7 nitrogen and oxygen atoms in total. The molecule has 1 aromatic rings. The Labute approximate surface area is 179 Å². The first-order valence-electron chi connectivity index (χ1n) is 10.8. The summed E-state index contributed by atoms with van der Waals surface area (Å²) in [6, 6.07) is 9.18. The van der Waals surface area contributed by atoms with Crippen LogP contribution in [-0.2, 0) is 16.1 Å². The molecule has 30 heavy (non-hydrogen) atoms. The maximum Gasteiger partial charge on any atom is 0.407 e. The zero-order valence-electron chi connectivity index (χ0n) is 18.4. The number of benzene rings is 1. The zero-order chi connectivity index (χ0) is 22.0. The highest BCUT2D eigenvalue weighted by molar-refractivity contribution is 5.68. The van der Waals surface area contributed by atoms with Crippen molar-refractivity contribution in [1.82, 2.24) is 10.6 Å². The quantitative estimate of drug-likeness (QED) is 0.591. The lowest BCUT2D eigenvalue weighted by Gasteiger charge is -2.31. The molecule has 1 aliphatic rings. The van der Waals surface area contributed by atoms with Gasteiger partial charge in [-0.3, -0.25) is 0 Å². The number of hydrogen-bond acceptors (Lipinski definition) is 5. The Kier molecular flexibility index (Phi) is 9.43. The van der Waals surface area contributed by atoms with Gasteiger partial charge in [-0.1, -0.05) is 43.2 Å². The second-order valence-electron chi connectivity index (χ2n) is 9.09. The summed E-state index contributed by atoms with van der Waals surface area (Å²) in [6.07, 6.45) is 3.89. The largest absolute Gasteiger partial charge is 0.445 e. The summed E-state index contributed by atoms with van der Waals surface area (Å²) in [4.78, 5) is 23.8. The molecular weight excluding hydrogens is 384 g/mol. The van der Waals surface area contributed by atoms with E-state index in [0.717, 1.165) is 37.7 Å². The molecule has 0 heterocycles. The Morgan fingerprint density at radius 3 is 2.30 bits per heavy atom. The van der Waals surface area contributed by atoms with Crippen molar-refractivity contribution >= 4 is 12.2 Å². The van der Waals surface area contributed by atoms with E-state index in [0.29, 0.717) is 18.4 Å². The first-order chi connectivity index (χ1) is 14.2. The van der Waals surface area contributed by atoms with Crippen LogP contribution < -0.4 is 10.6 Å². The Hall–Kier alpha value is -2.28. The van der Waals surface area contributed by atoms with Gasteiger partial charge in [-0.25, -0.2) is 9.59 Å². The van der Waals surface area contributed by atoms with E-state index in [1.165, 1.54) is 0 Å². The van der Waals surface area contributed by atoms with E-state index in [1.54, 1.807) is 0 Å². The van der Waals surface area contributed by atoms with Gasteiger partial charge in [0, 0.05) is 6.54 Å². The van der Waals surface area contributed by atoms with E-state index in [9.17, 15) is 14.7 Å². The summed E-state index contributed by atoms with van der Waals surface area (Å²) in [5, 5.41) is 15.3. The van der Waals surface area contributed by atoms with Gasteiger partial charge in [0.1, 0.15) is 12.2 Å². The lowest BCUT2D eigenvalue weighted by atomic mass is 9.79. The van der Waals surface area contributed by atoms with Crippen LogP contribution in [0.2, 0.25) is 0 Å². The Morgan fingerprint density at radius 2 is 1.70 bits per heavy atom. The van der Waals surface area contributed by atoms with Gasteiger partial charge in [-0.05, 0) is 57.4 Å².